The van der Waals surface area contributed by atoms with Crippen LogP contribution in [-0.2, 0) is 0 Å². The van der Waals surface area contributed by atoms with E-state index in [9.17, 15) is 0 Å². The maximum Gasteiger partial charge on any atom is 0.119 e. The summed E-state index contributed by atoms with van der Waals surface area (Å²) in [4.78, 5) is 2.15. The molecule has 0 bridgehead atoms. The second-order valence-corrected chi connectivity index (χ2v) is 6.50. The Morgan fingerprint density at radius 2 is 1.75 bits per heavy atom. The fraction of sp³-hybridized carbons (Fsp3) is 0.240. The first kappa shape index (κ1) is 21.1. The predicted molar refractivity (Wildman–Crippen MR) is 118 cm³/mol. The lowest BCUT2D eigenvalue weighted by Crippen LogP contribution is -2.16. The number of nitriles is 1. The summed E-state index contributed by atoms with van der Waals surface area (Å²) in [7, 11) is 3.71. The van der Waals surface area contributed by atoms with Crippen LogP contribution in [0.15, 0.2) is 78.4 Å². The second-order valence-electron chi connectivity index (χ2n) is 6.50. The lowest BCUT2D eigenvalue weighted by molar-refractivity contribution is 0.415. The van der Waals surface area contributed by atoms with E-state index in [1.807, 2.05) is 55.6 Å². The number of ether oxygens (including phenoxy) is 1. The van der Waals surface area contributed by atoms with E-state index in [0.29, 0.717) is 5.56 Å². The zero-order valence-corrected chi connectivity index (χ0v) is 17.2. The Morgan fingerprint density at radius 3 is 2.25 bits per heavy atom. The van der Waals surface area contributed by atoms with Crippen molar-refractivity contribution in [3.05, 3.63) is 89.5 Å². The summed E-state index contributed by atoms with van der Waals surface area (Å²) in [5, 5.41) is 9.12. The van der Waals surface area contributed by atoms with Gasteiger partial charge < -0.3 is 9.64 Å². The summed E-state index contributed by atoms with van der Waals surface area (Å²) in [5.74, 6) is 0.826. The maximum absolute atomic E-state index is 9.12. The lowest BCUT2D eigenvalue weighted by Gasteiger charge is -2.24. The predicted octanol–water partition coefficient (Wildman–Crippen LogP) is 6.35. The van der Waals surface area contributed by atoms with Crippen molar-refractivity contribution >= 4 is 11.4 Å². The van der Waals surface area contributed by atoms with E-state index in [-0.39, 0.29) is 0 Å². The van der Waals surface area contributed by atoms with Crippen molar-refractivity contribution in [3.63, 3.8) is 0 Å². The molecule has 0 N–H and O–H groups in total. The first-order valence-corrected chi connectivity index (χ1v) is 9.52. The summed E-state index contributed by atoms with van der Waals surface area (Å²) in [5.41, 5.74) is 6.04. The normalized spacial score (nSPS) is 11.7. The van der Waals surface area contributed by atoms with Gasteiger partial charge in [0.25, 0.3) is 0 Å². The molecule has 0 aliphatic carbocycles. The highest BCUT2D eigenvalue weighted by Gasteiger charge is 2.12. The molecule has 2 aromatic rings. The zero-order chi connectivity index (χ0) is 20.5. The van der Waals surface area contributed by atoms with Gasteiger partial charge in [-0.3, -0.25) is 0 Å². The quantitative estimate of drug-likeness (QED) is 0.507. The van der Waals surface area contributed by atoms with E-state index >= 15 is 0 Å². The molecular formula is C25H28N2O. The van der Waals surface area contributed by atoms with Crippen molar-refractivity contribution in [1.29, 1.82) is 5.26 Å². The Balaban J connectivity index is 2.56. The number of allylic oxidation sites excluding steroid dienone is 4. The number of nitrogens with zero attached hydrogens (tertiary/aromatic N) is 2. The van der Waals surface area contributed by atoms with Crippen LogP contribution in [0.3, 0.4) is 0 Å². The first-order chi connectivity index (χ1) is 13.5. The summed E-state index contributed by atoms with van der Waals surface area (Å²) in [6.45, 7) is 8.48. The van der Waals surface area contributed by atoms with Gasteiger partial charge in [-0.1, -0.05) is 38.6 Å². The molecule has 0 saturated heterocycles. The molecule has 0 saturated carbocycles. The summed E-state index contributed by atoms with van der Waals surface area (Å²) in [6, 6.07) is 17.8. The molecule has 0 aliphatic heterocycles. The largest absolute Gasteiger partial charge is 0.497 e. The monoisotopic (exact) mass is 372 g/mol. The molecule has 0 aromatic heterocycles. The third-order valence-electron chi connectivity index (χ3n) is 4.68. The average Bonchev–Trinajstić information content (AvgIpc) is 2.75. The Kier molecular flexibility index (Phi) is 7.65. The van der Waals surface area contributed by atoms with Crippen molar-refractivity contribution in [2.24, 2.45) is 0 Å². The van der Waals surface area contributed by atoms with E-state index < -0.39 is 0 Å². The van der Waals surface area contributed by atoms with Crippen molar-refractivity contribution in [2.45, 2.75) is 26.7 Å². The SMILES string of the molecule is C=C(CC)C(=C\CC)/C=C(/c1ccc(C#N)cc1)N(C)c1ccc(OC)cc1. The number of hydrogen-bond donors (Lipinski definition) is 0. The first-order valence-electron chi connectivity index (χ1n) is 9.52. The summed E-state index contributed by atoms with van der Waals surface area (Å²) in [6.07, 6.45) is 6.23. The molecule has 3 heteroatoms. The van der Waals surface area contributed by atoms with E-state index in [1.54, 1.807) is 7.11 Å². The minimum Gasteiger partial charge on any atom is -0.497 e. The molecule has 0 atom stereocenters. The topological polar surface area (TPSA) is 36.3 Å². The van der Waals surface area contributed by atoms with Crippen molar-refractivity contribution in [1.82, 2.24) is 0 Å². The Hall–Kier alpha value is -3.25. The van der Waals surface area contributed by atoms with Crippen LogP contribution in [0.4, 0.5) is 5.69 Å². The van der Waals surface area contributed by atoms with Crippen LogP contribution in [0.2, 0.25) is 0 Å². The molecule has 2 aromatic carbocycles. The highest BCUT2D eigenvalue weighted by molar-refractivity contribution is 5.81. The van der Waals surface area contributed by atoms with Crippen LogP contribution in [0, 0.1) is 11.3 Å². The third kappa shape index (κ3) is 5.14. The molecule has 28 heavy (non-hydrogen) atoms. The van der Waals surface area contributed by atoms with Gasteiger partial charge in [-0.2, -0.15) is 5.26 Å². The summed E-state index contributed by atoms with van der Waals surface area (Å²) < 4.78 is 5.28. The smallest absolute Gasteiger partial charge is 0.119 e. The Bertz CT molecular complexity index is 897. The molecule has 0 fully saturated rings. The minimum absolute atomic E-state index is 0.650. The molecular weight excluding hydrogens is 344 g/mol. The number of rotatable bonds is 8. The van der Waals surface area contributed by atoms with Gasteiger partial charge in [-0.15, -0.1) is 0 Å². The molecule has 0 aliphatic rings. The highest BCUT2D eigenvalue weighted by atomic mass is 16.5. The van der Waals surface area contributed by atoms with Crippen LogP contribution in [0.1, 0.15) is 37.8 Å². The number of anilines is 1. The van der Waals surface area contributed by atoms with Gasteiger partial charge in [0, 0.05) is 18.4 Å². The molecule has 0 spiro atoms. The standard InChI is InChI=1S/C25H28N2O/c1-6-8-22(19(3)7-2)17-25(21-11-9-20(18-26)10-12-21)27(4)23-13-15-24(28-5)16-14-23/h8-17H,3,6-7H2,1-2,4-5H3/b22-8-,25-17-. The number of methoxy groups -OCH3 is 1. The highest BCUT2D eigenvalue weighted by Crippen LogP contribution is 2.29. The minimum atomic E-state index is 0.650. The van der Waals surface area contributed by atoms with Gasteiger partial charge in [-0.05, 0) is 72.0 Å². The third-order valence-corrected chi connectivity index (χ3v) is 4.68. The van der Waals surface area contributed by atoms with Crippen molar-refractivity contribution in [3.8, 4) is 11.8 Å². The van der Waals surface area contributed by atoms with E-state index in [0.717, 1.165) is 46.7 Å². The molecule has 3 nitrogen and oxygen atoms in total. The van der Waals surface area contributed by atoms with Crippen molar-refractivity contribution < 1.29 is 4.74 Å². The van der Waals surface area contributed by atoms with Gasteiger partial charge in [-0.25, -0.2) is 0 Å². The van der Waals surface area contributed by atoms with Gasteiger partial charge in [0.15, 0.2) is 0 Å². The van der Waals surface area contributed by atoms with E-state index in [2.05, 4.69) is 43.5 Å². The lowest BCUT2D eigenvalue weighted by atomic mass is 9.99. The van der Waals surface area contributed by atoms with Crippen LogP contribution in [0.5, 0.6) is 5.75 Å². The summed E-state index contributed by atoms with van der Waals surface area (Å²) >= 11 is 0. The zero-order valence-electron chi connectivity index (χ0n) is 17.2. The number of benzene rings is 2. The van der Waals surface area contributed by atoms with Gasteiger partial charge in [0.05, 0.1) is 18.7 Å². The van der Waals surface area contributed by atoms with E-state index in [4.69, 9.17) is 10.00 Å². The van der Waals surface area contributed by atoms with Crippen LogP contribution < -0.4 is 9.64 Å². The molecule has 0 heterocycles. The maximum atomic E-state index is 9.12. The number of hydrogen-bond acceptors (Lipinski definition) is 3. The van der Waals surface area contributed by atoms with E-state index in [1.165, 1.54) is 0 Å². The van der Waals surface area contributed by atoms with Crippen LogP contribution in [-0.4, -0.2) is 14.2 Å². The Morgan fingerprint density at radius 1 is 1.11 bits per heavy atom. The van der Waals surface area contributed by atoms with Gasteiger partial charge in [0.2, 0.25) is 0 Å². The molecule has 2 rings (SSSR count). The van der Waals surface area contributed by atoms with Crippen molar-refractivity contribution in [2.75, 3.05) is 19.1 Å². The van der Waals surface area contributed by atoms with Crippen LogP contribution in [0.25, 0.3) is 5.70 Å². The van der Waals surface area contributed by atoms with Gasteiger partial charge >= 0.3 is 0 Å². The fourth-order valence-electron chi connectivity index (χ4n) is 2.91. The molecule has 144 valence electrons. The fourth-order valence-corrected chi connectivity index (χ4v) is 2.91. The van der Waals surface area contributed by atoms with Crippen LogP contribution >= 0.6 is 0 Å². The average molecular weight is 373 g/mol. The van der Waals surface area contributed by atoms with Gasteiger partial charge in [0.1, 0.15) is 5.75 Å². The molecule has 0 amide bonds. The Labute approximate surface area is 168 Å². The molecule has 0 radical (unpaired) electrons. The second kappa shape index (κ2) is 10.2. The molecule has 0 unspecified atom stereocenters.